The number of nitrogens with one attached hydrogen (secondary N) is 1. The van der Waals surface area contributed by atoms with Gasteiger partial charge in [0.05, 0.1) is 4.92 Å². The van der Waals surface area contributed by atoms with E-state index in [4.69, 9.17) is 0 Å². The molecular formula is C11H11N5O4. The summed E-state index contributed by atoms with van der Waals surface area (Å²) in [6, 6.07) is 6.21. The van der Waals surface area contributed by atoms with Crippen LogP contribution in [-0.4, -0.2) is 19.4 Å². The Kier molecular flexibility index (Phi) is 3.60. The number of benzene rings is 1. The number of imidazole rings is 1. The number of nitro benzene ring substituents is 1. The molecule has 0 aliphatic heterocycles. The van der Waals surface area contributed by atoms with Crippen LogP contribution in [-0.2, 0) is 13.6 Å². The maximum Gasteiger partial charge on any atom is 0.406 e. The second-order valence-corrected chi connectivity index (χ2v) is 4.02. The van der Waals surface area contributed by atoms with Gasteiger partial charge < -0.3 is 15.4 Å². The maximum absolute atomic E-state index is 10.9. The SMILES string of the molecule is Cn1cnc([N+](=O)[O-])c1NCc1ccccc1[N+](=O)[O-]. The molecule has 9 heteroatoms. The summed E-state index contributed by atoms with van der Waals surface area (Å²) in [5.41, 5.74) is 0.401. The van der Waals surface area contributed by atoms with Gasteiger partial charge in [0.15, 0.2) is 0 Å². The van der Waals surface area contributed by atoms with Crippen LogP contribution in [0.3, 0.4) is 0 Å². The second kappa shape index (κ2) is 5.34. The van der Waals surface area contributed by atoms with Gasteiger partial charge in [0.1, 0.15) is 0 Å². The van der Waals surface area contributed by atoms with E-state index >= 15 is 0 Å². The van der Waals surface area contributed by atoms with Crippen LogP contribution in [0.4, 0.5) is 17.3 Å². The van der Waals surface area contributed by atoms with E-state index in [0.29, 0.717) is 5.56 Å². The van der Waals surface area contributed by atoms with Crippen LogP contribution < -0.4 is 5.32 Å². The fourth-order valence-corrected chi connectivity index (χ4v) is 1.77. The highest BCUT2D eigenvalue weighted by Gasteiger charge is 2.20. The molecule has 0 aliphatic carbocycles. The van der Waals surface area contributed by atoms with E-state index in [1.54, 1.807) is 25.2 Å². The first kappa shape index (κ1) is 13.5. The number of nitrogens with zero attached hydrogens (tertiary/aromatic N) is 4. The number of hydrogen-bond acceptors (Lipinski definition) is 6. The molecule has 1 aromatic carbocycles. The average Bonchev–Trinajstić information content (AvgIpc) is 2.78. The van der Waals surface area contributed by atoms with Gasteiger partial charge in [-0.1, -0.05) is 18.2 Å². The molecule has 1 heterocycles. The zero-order chi connectivity index (χ0) is 14.7. The minimum Gasteiger partial charge on any atom is -0.360 e. The number of nitro groups is 2. The highest BCUT2D eigenvalue weighted by Crippen LogP contribution is 2.24. The summed E-state index contributed by atoms with van der Waals surface area (Å²) in [6.45, 7) is 0.0948. The highest BCUT2D eigenvalue weighted by molar-refractivity contribution is 5.53. The lowest BCUT2D eigenvalue weighted by Crippen LogP contribution is -2.07. The van der Waals surface area contributed by atoms with Crippen molar-refractivity contribution in [1.29, 1.82) is 0 Å². The Morgan fingerprint density at radius 3 is 2.60 bits per heavy atom. The molecule has 104 valence electrons. The van der Waals surface area contributed by atoms with Crippen molar-refractivity contribution < 1.29 is 9.85 Å². The lowest BCUT2D eigenvalue weighted by Gasteiger charge is -2.06. The molecule has 0 bridgehead atoms. The Hall–Kier alpha value is -2.97. The number of rotatable bonds is 5. The van der Waals surface area contributed by atoms with E-state index in [2.05, 4.69) is 10.3 Å². The molecule has 0 aliphatic rings. The minimum absolute atomic E-state index is 0.0372. The molecule has 20 heavy (non-hydrogen) atoms. The third-order valence-electron chi connectivity index (χ3n) is 2.73. The molecule has 0 spiro atoms. The number of para-hydroxylation sites is 1. The molecule has 1 N–H and O–H groups in total. The number of anilines is 1. The van der Waals surface area contributed by atoms with Crippen LogP contribution in [0.1, 0.15) is 5.56 Å². The summed E-state index contributed by atoms with van der Waals surface area (Å²) in [4.78, 5) is 24.2. The van der Waals surface area contributed by atoms with E-state index < -0.39 is 9.85 Å². The van der Waals surface area contributed by atoms with Gasteiger partial charge in [-0.2, -0.15) is 0 Å². The standard InChI is InChI=1S/C11H11N5O4/c1-14-7-13-11(16(19)20)10(14)12-6-8-4-2-3-5-9(8)15(17)18/h2-5,7,12H,6H2,1H3. The van der Waals surface area contributed by atoms with Crippen LogP contribution in [0, 0.1) is 20.2 Å². The first-order chi connectivity index (χ1) is 9.50. The molecule has 0 unspecified atom stereocenters. The highest BCUT2D eigenvalue weighted by atomic mass is 16.6. The summed E-state index contributed by atoms with van der Waals surface area (Å²) >= 11 is 0. The normalized spacial score (nSPS) is 10.2. The fourth-order valence-electron chi connectivity index (χ4n) is 1.77. The van der Waals surface area contributed by atoms with Crippen molar-refractivity contribution in [2.45, 2.75) is 6.54 Å². The van der Waals surface area contributed by atoms with E-state index in [-0.39, 0.29) is 23.9 Å². The first-order valence-electron chi connectivity index (χ1n) is 5.62. The van der Waals surface area contributed by atoms with Gasteiger partial charge in [0.25, 0.3) is 5.69 Å². The molecule has 9 nitrogen and oxygen atoms in total. The largest absolute Gasteiger partial charge is 0.406 e. The average molecular weight is 277 g/mol. The summed E-state index contributed by atoms with van der Waals surface area (Å²) in [5, 5.41) is 24.5. The monoisotopic (exact) mass is 277 g/mol. The van der Waals surface area contributed by atoms with Gasteiger partial charge >= 0.3 is 5.82 Å². The van der Waals surface area contributed by atoms with Crippen molar-refractivity contribution >= 4 is 17.3 Å². The zero-order valence-electron chi connectivity index (χ0n) is 10.5. The molecule has 0 fully saturated rings. The van der Waals surface area contributed by atoms with Gasteiger partial charge in [0, 0.05) is 25.2 Å². The molecular weight excluding hydrogens is 266 g/mol. The quantitative estimate of drug-likeness (QED) is 0.658. The van der Waals surface area contributed by atoms with E-state index in [9.17, 15) is 20.2 Å². The summed E-state index contributed by atoms with van der Waals surface area (Å²) in [7, 11) is 1.60. The van der Waals surface area contributed by atoms with Crippen molar-refractivity contribution in [3.05, 3.63) is 56.4 Å². The zero-order valence-corrected chi connectivity index (χ0v) is 10.5. The molecule has 2 rings (SSSR count). The molecule has 0 saturated carbocycles. The smallest absolute Gasteiger partial charge is 0.360 e. The van der Waals surface area contributed by atoms with E-state index in [0.717, 1.165) is 0 Å². The lowest BCUT2D eigenvalue weighted by molar-refractivity contribution is -0.388. The third kappa shape index (κ3) is 2.55. The number of aromatic nitrogens is 2. The van der Waals surface area contributed by atoms with Gasteiger partial charge in [-0.05, 0) is 9.91 Å². The van der Waals surface area contributed by atoms with Crippen LogP contribution >= 0.6 is 0 Å². The van der Waals surface area contributed by atoms with Crippen molar-refractivity contribution in [1.82, 2.24) is 9.55 Å². The van der Waals surface area contributed by atoms with Crippen LogP contribution in [0.25, 0.3) is 0 Å². The van der Waals surface area contributed by atoms with Crippen LogP contribution in [0.15, 0.2) is 30.6 Å². The summed E-state index contributed by atoms with van der Waals surface area (Å²) in [6.07, 6.45) is 1.31. The van der Waals surface area contributed by atoms with Crippen LogP contribution in [0.2, 0.25) is 0 Å². The van der Waals surface area contributed by atoms with Crippen LogP contribution in [0.5, 0.6) is 0 Å². The predicted molar refractivity (Wildman–Crippen MR) is 70.3 cm³/mol. The Labute approximate surface area is 113 Å². The Bertz CT molecular complexity index is 667. The minimum atomic E-state index is -0.609. The Morgan fingerprint density at radius 2 is 1.95 bits per heavy atom. The summed E-state index contributed by atoms with van der Waals surface area (Å²) in [5.74, 6) is -0.112. The molecule has 0 atom stereocenters. The maximum atomic E-state index is 10.9. The van der Waals surface area contributed by atoms with Gasteiger partial charge in [-0.3, -0.25) is 14.7 Å². The van der Waals surface area contributed by atoms with Crippen molar-refractivity contribution in [2.75, 3.05) is 5.32 Å². The molecule has 2 aromatic rings. The first-order valence-corrected chi connectivity index (χ1v) is 5.62. The van der Waals surface area contributed by atoms with E-state index in [1.165, 1.54) is 17.0 Å². The fraction of sp³-hybridized carbons (Fsp3) is 0.182. The van der Waals surface area contributed by atoms with Crippen molar-refractivity contribution in [3.8, 4) is 0 Å². The summed E-state index contributed by atoms with van der Waals surface area (Å²) < 4.78 is 1.45. The Balaban J connectivity index is 2.24. The molecule has 0 saturated heterocycles. The molecule has 0 amide bonds. The van der Waals surface area contributed by atoms with Gasteiger partial charge in [-0.15, -0.1) is 0 Å². The Morgan fingerprint density at radius 1 is 1.25 bits per heavy atom. The third-order valence-corrected chi connectivity index (χ3v) is 2.73. The molecule has 1 aromatic heterocycles. The predicted octanol–water partition coefficient (Wildman–Crippen LogP) is 1.85. The van der Waals surface area contributed by atoms with E-state index in [1.807, 2.05) is 0 Å². The topological polar surface area (TPSA) is 116 Å². The second-order valence-electron chi connectivity index (χ2n) is 4.02. The molecule has 0 radical (unpaired) electrons. The van der Waals surface area contributed by atoms with Gasteiger partial charge in [-0.25, -0.2) is 0 Å². The lowest BCUT2D eigenvalue weighted by atomic mass is 10.2. The van der Waals surface area contributed by atoms with Crippen molar-refractivity contribution in [2.24, 2.45) is 7.05 Å². The van der Waals surface area contributed by atoms with Gasteiger partial charge in [0.2, 0.25) is 12.1 Å². The number of aryl methyl sites for hydroxylation is 1. The number of hydrogen-bond donors (Lipinski definition) is 1. The van der Waals surface area contributed by atoms with Crippen molar-refractivity contribution in [3.63, 3.8) is 0 Å².